The summed E-state index contributed by atoms with van der Waals surface area (Å²) in [5.41, 5.74) is 0.252. The lowest BCUT2D eigenvalue weighted by Gasteiger charge is -2.60. The van der Waals surface area contributed by atoms with E-state index in [1.807, 2.05) is 9.80 Å². The minimum Gasteiger partial charge on any atom is -0.339 e. The highest BCUT2D eigenvalue weighted by Gasteiger charge is 2.57. The molecule has 128 valence electrons. The Hall–Kier alpha value is -0.580. The average Bonchev–Trinajstić information content (AvgIpc) is 2.44. The van der Waals surface area contributed by atoms with Crippen LogP contribution in [0.2, 0.25) is 0 Å². The molecule has 1 heterocycles. The lowest BCUT2D eigenvalue weighted by molar-refractivity contribution is -0.143. The zero-order valence-corrected chi connectivity index (χ0v) is 15.6. The van der Waals surface area contributed by atoms with Gasteiger partial charge in [0.25, 0.3) is 0 Å². The molecule has 5 rings (SSSR count). The number of amides is 2. The van der Waals surface area contributed by atoms with Crippen LogP contribution in [-0.4, -0.2) is 52.1 Å². The van der Waals surface area contributed by atoms with Gasteiger partial charge in [-0.2, -0.15) is 0 Å². The Morgan fingerprint density at radius 1 is 1.00 bits per heavy atom. The summed E-state index contributed by atoms with van der Waals surface area (Å²) in [5.74, 6) is 2.11. The molecule has 0 N–H and O–H groups in total. The first kappa shape index (κ1) is 15.9. The first-order valence-electron chi connectivity index (χ1n) is 9.09. The van der Waals surface area contributed by atoms with Crippen molar-refractivity contribution in [3.05, 3.63) is 0 Å². The smallest absolute Gasteiger partial charge is 0.223 e. The lowest BCUT2D eigenvalue weighted by Crippen LogP contribution is -2.55. The minimum absolute atomic E-state index is 0.124. The molecule has 0 spiro atoms. The Morgan fingerprint density at radius 3 is 2.09 bits per heavy atom. The van der Waals surface area contributed by atoms with Crippen molar-refractivity contribution in [2.75, 3.05) is 26.2 Å². The SMILES string of the molecule is CC(=O)N1CCN(C(=O)CC23C[C@H]4C[C@@H](CC(Br)(C4)C2)C3)CC1. The summed E-state index contributed by atoms with van der Waals surface area (Å²) in [5, 5.41) is 0. The van der Waals surface area contributed by atoms with Crippen molar-refractivity contribution in [3.63, 3.8) is 0 Å². The van der Waals surface area contributed by atoms with Gasteiger partial charge in [-0.05, 0) is 55.8 Å². The molecular formula is C18H27BrN2O2. The Kier molecular flexibility index (Phi) is 3.78. The van der Waals surface area contributed by atoms with Crippen molar-refractivity contribution >= 4 is 27.7 Å². The number of nitrogens with zero attached hydrogens (tertiary/aromatic N) is 2. The monoisotopic (exact) mass is 382 g/mol. The molecule has 4 saturated carbocycles. The van der Waals surface area contributed by atoms with Gasteiger partial charge in [0.15, 0.2) is 0 Å². The summed E-state index contributed by atoms with van der Waals surface area (Å²) in [7, 11) is 0. The summed E-state index contributed by atoms with van der Waals surface area (Å²) in [6.45, 7) is 4.42. The van der Waals surface area contributed by atoms with Gasteiger partial charge in [-0.3, -0.25) is 9.59 Å². The molecule has 4 bridgehead atoms. The molecule has 0 aromatic heterocycles. The van der Waals surface area contributed by atoms with Crippen molar-refractivity contribution in [2.45, 2.75) is 56.2 Å². The number of carbonyl (C=O) groups is 2. The van der Waals surface area contributed by atoms with Gasteiger partial charge in [-0.25, -0.2) is 0 Å². The van der Waals surface area contributed by atoms with Gasteiger partial charge in [0.1, 0.15) is 0 Å². The van der Waals surface area contributed by atoms with Crippen LogP contribution in [0.4, 0.5) is 0 Å². The Balaban J connectivity index is 1.40. The fourth-order valence-corrected chi connectivity index (χ4v) is 7.76. The van der Waals surface area contributed by atoms with Crippen LogP contribution in [-0.2, 0) is 9.59 Å². The van der Waals surface area contributed by atoms with Crippen LogP contribution in [0.3, 0.4) is 0 Å². The largest absolute Gasteiger partial charge is 0.339 e. The van der Waals surface area contributed by atoms with Gasteiger partial charge in [0.05, 0.1) is 0 Å². The van der Waals surface area contributed by atoms with Crippen LogP contribution in [0, 0.1) is 17.3 Å². The van der Waals surface area contributed by atoms with E-state index in [4.69, 9.17) is 0 Å². The van der Waals surface area contributed by atoms with Crippen LogP contribution in [0.5, 0.6) is 0 Å². The molecule has 0 unspecified atom stereocenters. The van der Waals surface area contributed by atoms with Crippen LogP contribution in [0.15, 0.2) is 0 Å². The van der Waals surface area contributed by atoms with E-state index in [9.17, 15) is 9.59 Å². The molecular weight excluding hydrogens is 356 g/mol. The highest BCUT2D eigenvalue weighted by atomic mass is 79.9. The van der Waals surface area contributed by atoms with Gasteiger partial charge in [-0.1, -0.05) is 15.9 Å². The second-order valence-corrected chi connectivity index (χ2v) is 10.4. The normalized spacial score (nSPS) is 42.2. The van der Waals surface area contributed by atoms with E-state index in [0.717, 1.165) is 18.3 Å². The van der Waals surface area contributed by atoms with Crippen LogP contribution >= 0.6 is 15.9 Å². The number of piperazine rings is 1. The summed E-state index contributed by atoms with van der Waals surface area (Å²) < 4.78 is 0.324. The summed E-state index contributed by atoms with van der Waals surface area (Å²) in [6, 6.07) is 0. The van der Waals surface area contributed by atoms with E-state index in [1.165, 1.54) is 38.5 Å². The molecule has 23 heavy (non-hydrogen) atoms. The van der Waals surface area contributed by atoms with Crippen LogP contribution < -0.4 is 0 Å². The Bertz CT molecular complexity index is 513. The fourth-order valence-electron chi connectivity index (χ4n) is 6.25. The third-order valence-corrected chi connectivity index (χ3v) is 7.64. The summed E-state index contributed by atoms with van der Waals surface area (Å²) in [6.07, 6.45) is 8.46. The molecule has 2 amide bonds. The van der Waals surface area contributed by atoms with Crippen molar-refractivity contribution in [2.24, 2.45) is 17.3 Å². The second-order valence-electron chi connectivity index (χ2n) is 8.68. The maximum absolute atomic E-state index is 12.9. The molecule has 0 aromatic carbocycles. The van der Waals surface area contributed by atoms with Gasteiger partial charge in [0, 0.05) is 43.8 Å². The highest BCUT2D eigenvalue weighted by molar-refractivity contribution is 9.10. The Labute approximate surface area is 147 Å². The highest BCUT2D eigenvalue weighted by Crippen LogP contribution is 2.65. The number of alkyl halides is 1. The van der Waals surface area contributed by atoms with Crippen molar-refractivity contribution in [1.82, 2.24) is 9.80 Å². The number of halogens is 1. The van der Waals surface area contributed by atoms with E-state index < -0.39 is 0 Å². The number of rotatable bonds is 2. The number of hydrogen-bond donors (Lipinski definition) is 0. The van der Waals surface area contributed by atoms with E-state index in [-0.39, 0.29) is 11.3 Å². The predicted molar refractivity (Wildman–Crippen MR) is 92.2 cm³/mol. The third-order valence-electron chi connectivity index (χ3n) is 6.71. The van der Waals surface area contributed by atoms with Crippen molar-refractivity contribution < 1.29 is 9.59 Å². The molecule has 1 aliphatic heterocycles. The minimum atomic E-state index is 0.124. The first-order valence-corrected chi connectivity index (χ1v) is 9.88. The quantitative estimate of drug-likeness (QED) is 0.688. The van der Waals surface area contributed by atoms with Crippen LogP contribution in [0.1, 0.15) is 51.9 Å². The van der Waals surface area contributed by atoms with E-state index in [2.05, 4.69) is 15.9 Å². The molecule has 2 atom stereocenters. The molecule has 5 heteroatoms. The number of carbonyl (C=O) groups excluding carboxylic acids is 2. The van der Waals surface area contributed by atoms with Gasteiger partial charge in [-0.15, -0.1) is 0 Å². The number of hydrogen-bond acceptors (Lipinski definition) is 2. The maximum Gasteiger partial charge on any atom is 0.223 e. The average molecular weight is 383 g/mol. The van der Waals surface area contributed by atoms with Crippen molar-refractivity contribution in [1.29, 1.82) is 0 Å². The predicted octanol–water partition coefficient (Wildman–Crippen LogP) is 2.80. The molecule has 0 radical (unpaired) electrons. The van der Waals surface area contributed by atoms with E-state index >= 15 is 0 Å². The topological polar surface area (TPSA) is 40.6 Å². The third kappa shape index (κ3) is 2.94. The van der Waals surface area contributed by atoms with Crippen LogP contribution in [0.25, 0.3) is 0 Å². The summed E-state index contributed by atoms with van der Waals surface area (Å²) in [4.78, 5) is 28.1. The maximum atomic E-state index is 12.9. The zero-order chi connectivity index (χ0) is 16.2. The zero-order valence-electron chi connectivity index (χ0n) is 14.0. The summed E-state index contributed by atoms with van der Waals surface area (Å²) >= 11 is 4.03. The molecule has 5 fully saturated rings. The van der Waals surface area contributed by atoms with Gasteiger partial charge >= 0.3 is 0 Å². The second kappa shape index (κ2) is 5.47. The molecule has 1 saturated heterocycles. The fraction of sp³-hybridized carbons (Fsp3) is 0.889. The van der Waals surface area contributed by atoms with Gasteiger partial charge < -0.3 is 9.80 Å². The standard InChI is InChI=1S/C18H27BrN2O2/c1-13(22)20-2-4-21(5-3-20)16(23)11-17-7-14-6-15(8-17)10-18(19,9-14)12-17/h14-15H,2-12H2,1H3/t14-,15-,17?,18?/m1/s1. The first-order chi connectivity index (χ1) is 10.9. The van der Waals surface area contributed by atoms with E-state index in [1.54, 1.807) is 6.92 Å². The molecule has 5 aliphatic rings. The molecule has 0 aromatic rings. The lowest BCUT2D eigenvalue weighted by atomic mass is 9.48. The van der Waals surface area contributed by atoms with Crippen molar-refractivity contribution in [3.8, 4) is 0 Å². The Morgan fingerprint density at radius 2 is 1.57 bits per heavy atom. The van der Waals surface area contributed by atoms with E-state index in [0.29, 0.717) is 36.4 Å². The van der Waals surface area contributed by atoms with Gasteiger partial charge in [0.2, 0.25) is 11.8 Å². The molecule has 4 nitrogen and oxygen atoms in total. The molecule has 4 aliphatic carbocycles.